The number of amides is 3. The number of piperidine rings is 1. The van der Waals surface area contributed by atoms with Crippen molar-refractivity contribution in [1.29, 1.82) is 0 Å². The summed E-state index contributed by atoms with van der Waals surface area (Å²) in [4.78, 5) is 26.0. The van der Waals surface area contributed by atoms with E-state index in [2.05, 4.69) is 20.9 Å². The van der Waals surface area contributed by atoms with Gasteiger partial charge in [0, 0.05) is 36.9 Å². The lowest BCUT2D eigenvalue weighted by molar-refractivity contribution is -0.118. The zero-order chi connectivity index (χ0) is 16.5. The number of anilines is 2. The predicted molar refractivity (Wildman–Crippen MR) is 90.3 cm³/mol. The zero-order valence-corrected chi connectivity index (χ0v) is 13.5. The van der Waals surface area contributed by atoms with Gasteiger partial charge in [-0.15, -0.1) is 0 Å². The molecule has 2 fully saturated rings. The lowest BCUT2D eigenvalue weighted by Crippen LogP contribution is -2.46. The molecule has 1 saturated heterocycles. The van der Waals surface area contributed by atoms with E-state index in [0.717, 1.165) is 32.0 Å². The number of hydrogen-bond acceptors (Lipinski definition) is 4. The van der Waals surface area contributed by atoms with Gasteiger partial charge in [0.05, 0.1) is 5.69 Å². The van der Waals surface area contributed by atoms with Crippen molar-refractivity contribution in [3.8, 4) is 5.75 Å². The molecule has 3 amide bonds. The van der Waals surface area contributed by atoms with Crippen LogP contribution >= 0.6 is 0 Å². The second kappa shape index (κ2) is 6.32. The van der Waals surface area contributed by atoms with Gasteiger partial charge in [-0.2, -0.15) is 0 Å². The molecular weight excluding hydrogens is 308 g/mol. The Balaban J connectivity index is 1.29. The third-order valence-electron chi connectivity index (χ3n) is 4.80. The number of carbonyl (C=O) groups excluding carboxylic acids is 2. The first kappa shape index (κ1) is 15.3. The van der Waals surface area contributed by atoms with Crippen LogP contribution in [0.4, 0.5) is 16.2 Å². The Bertz CT molecular complexity index is 651. The van der Waals surface area contributed by atoms with Crippen LogP contribution < -0.4 is 20.7 Å². The van der Waals surface area contributed by atoms with Crippen molar-refractivity contribution >= 4 is 23.3 Å². The fourth-order valence-electron chi connectivity index (χ4n) is 3.35. The molecule has 128 valence electrons. The molecule has 1 aromatic rings. The summed E-state index contributed by atoms with van der Waals surface area (Å²) in [5.41, 5.74) is 1.28. The van der Waals surface area contributed by atoms with Crippen LogP contribution in [0.2, 0.25) is 0 Å². The van der Waals surface area contributed by atoms with Crippen molar-refractivity contribution in [1.82, 2.24) is 10.2 Å². The molecule has 1 aliphatic carbocycles. The van der Waals surface area contributed by atoms with E-state index in [-0.39, 0.29) is 24.6 Å². The molecule has 24 heavy (non-hydrogen) atoms. The first-order valence-electron chi connectivity index (χ1n) is 8.55. The number of benzene rings is 1. The summed E-state index contributed by atoms with van der Waals surface area (Å²) in [5.74, 6) is 0.406. The number of fused-ring (bicyclic) bond motifs is 1. The highest BCUT2D eigenvalue weighted by Crippen LogP contribution is 2.31. The molecule has 0 atom stereocenters. The molecule has 0 bridgehead atoms. The van der Waals surface area contributed by atoms with Crippen LogP contribution in [0, 0.1) is 0 Å². The predicted octanol–water partition coefficient (Wildman–Crippen LogP) is 1.77. The third kappa shape index (κ3) is 3.46. The average Bonchev–Trinajstić information content (AvgIpc) is 3.40. The largest absolute Gasteiger partial charge is 0.482 e. The molecule has 0 unspecified atom stereocenters. The molecule has 7 heteroatoms. The molecule has 3 N–H and O–H groups in total. The van der Waals surface area contributed by atoms with E-state index >= 15 is 0 Å². The maximum Gasteiger partial charge on any atom is 0.319 e. The summed E-state index contributed by atoms with van der Waals surface area (Å²) < 4.78 is 5.36. The summed E-state index contributed by atoms with van der Waals surface area (Å²) in [6, 6.07) is 6.05. The highest BCUT2D eigenvalue weighted by Gasteiger charge is 2.32. The maximum absolute atomic E-state index is 12.2. The minimum Gasteiger partial charge on any atom is -0.482 e. The first-order valence-corrected chi connectivity index (χ1v) is 8.55. The van der Waals surface area contributed by atoms with Gasteiger partial charge < -0.3 is 25.6 Å². The Morgan fingerprint density at radius 2 is 2.00 bits per heavy atom. The van der Waals surface area contributed by atoms with Gasteiger partial charge in [0.15, 0.2) is 6.61 Å². The summed E-state index contributed by atoms with van der Waals surface area (Å²) >= 11 is 0. The van der Waals surface area contributed by atoms with Crippen LogP contribution in [0.15, 0.2) is 18.2 Å². The molecule has 3 aliphatic rings. The van der Waals surface area contributed by atoms with E-state index in [1.165, 1.54) is 12.8 Å². The van der Waals surface area contributed by atoms with Gasteiger partial charge in [-0.3, -0.25) is 4.79 Å². The molecule has 0 spiro atoms. The Hall–Kier alpha value is -2.28. The second-order valence-corrected chi connectivity index (χ2v) is 6.69. The normalized spacial score (nSPS) is 21.4. The van der Waals surface area contributed by atoms with E-state index < -0.39 is 0 Å². The summed E-state index contributed by atoms with van der Waals surface area (Å²) in [7, 11) is 0. The van der Waals surface area contributed by atoms with Gasteiger partial charge in [0.25, 0.3) is 5.91 Å². The summed E-state index contributed by atoms with van der Waals surface area (Å²) in [6.45, 7) is 2.15. The standard InChI is InChI=1S/C17H22N4O3/c22-16-10-24-15-9-12(1-4-14(15)20-16)19-17(23)18-11-5-7-21(8-6-11)13-2-3-13/h1,4,9,11,13H,2-3,5-8,10H2,(H,20,22)(H2,18,19,23). The Morgan fingerprint density at radius 1 is 1.21 bits per heavy atom. The Kier molecular flexibility index (Phi) is 4.02. The summed E-state index contributed by atoms with van der Waals surface area (Å²) in [6.07, 6.45) is 4.67. The van der Waals surface area contributed by atoms with Crippen molar-refractivity contribution in [2.45, 2.75) is 37.8 Å². The van der Waals surface area contributed by atoms with Crippen molar-refractivity contribution in [2.24, 2.45) is 0 Å². The van der Waals surface area contributed by atoms with Crippen LogP contribution in [0.1, 0.15) is 25.7 Å². The van der Waals surface area contributed by atoms with Crippen LogP contribution in [0.5, 0.6) is 5.75 Å². The van der Waals surface area contributed by atoms with Gasteiger partial charge in [-0.05, 0) is 37.8 Å². The van der Waals surface area contributed by atoms with Crippen LogP contribution in [0.3, 0.4) is 0 Å². The number of nitrogens with zero attached hydrogens (tertiary/aromatic N) is 1. The van der Waals surface area contributed by atoms with E-state index in [0.29, 0.717) is 17.1 Å². The number of likely N-dealkylation sites (tertiary alicyclic amines) is 1. The van der Waals surface area contributed by atoms with E-state index in [9.17, 15) is 9.59 Å². The van der Waals surface area contributed by atoms with Crippen molar-refractivity contribution in [2.75, 3.05) is 30.3 Å². The number of hydrogen-bond donors (Lipinski definition) is 3. The van der Waals surface area contributed by atoms with E-state index in [1.807, 2.05) is 0 Å². The molecular formula is C17H22N4O3. The number of rotatable bonds is 3. The number of carbonyl (C=O) groups is 2. The maximum atomic E-state index is 12.2. The molecule has 1 saturated carbocycles. The minimum atomic E-state index is -0.195. The molecule has 2 aliphatic heterocycles. The van der Waals surface area contributed by atoms with Crippen LogP contribution in [-0.4, -0.2) is 48.6 Å². The zero-order valence-electron chi connectivity index (χ0n) is 13.5. The average molecular weight is 330 g/mol. The van der Waals surface area contributed by atoms with Crippen molar-refractivity contribution in [3.63, 3.8) is 0 Å². The number of urea groups is 1. The van der Waals surface area contributed by atoms with Crippen LogP contribution in [-0.2, 0) is 4.79 Å². The number of nitrogens with one attached hydrogen (secondary N) is 3. The monoisotopic (exact) mass is 330 g/mol. The topological polar surface area (TPSA) is 82.7 Å². The minimum absolute atomic E-state index is 0.00220. The molecule has 1 aromatic carbocycles. The van der Waals surface area contributed by atoms with Crippen LogP contribution in [0.25, 0.3) is 0 Å². The van der Waals surface area contributed by atoms with Crippen molar-refractivity contribution in [3.05, 3.63) is 18.2 Å². The Morgan fingerprint density at radius 3 is 2.75 bits per heavy atom. The van der Waals surface area contributed by atoms with E-state index in [4.69, 9.17) is 4.74 Å². The van der Waals surface area contributed by atoms with Gasteiger partial charge in [0.2, 0.25) is 0 Å². The Labute approximate surface area is 140 Å². The van der Waals surface area contributed by atoms with Gasteiger partial charge in [-0.1, -0.05) is 0 Å². The molecule has 7 nitrogen and oxygen atoms in total. The lowest BCUT2D eigenvalue weighted by Gasteiger charge is -2.32. The van der Waals surface area contributed by atoms with Gasteiger partial charge >= 0.3 is 6.03 Å². The molecule has 2 heterocycles. The third-order valence-corrected chi connectivity index (χ3v) is 4.80. The smallest absolute Gasteiger partial charge is 0.319 e. The van der Waals surface area contributed by atoms with Gasteiger partial charge in [0.1, 0.15) is 5.75 Å². The van der Waals surface area contributed by atoms with E-state index in [1.54, 1.807) is 18.2 Å². The second-order valence-electron chi connectivity index (χ2n) is 6.69. The molecule has 0 radical (unpaired) electrons. The lowest BCUT2D eigenvalue weighted by atomic mass is 10.1. The van der Waals surface area contributed by atoms with Gasteiger partial charge in [-0.25, -0.2) is 4.79 Å². The SMILES string of the molecule is O=C1COc2cc(NC(=O)NC3CCN(C4CC4)CC3)ccc2N1. The highest BCUT2D eigenvalue weighted by atomic mass is 16.5. The fraction of sp³-hybridized carbons (Fsp3) is 0.529. The molecule has 4 rings (SSSR count). The van der Waals surface area contributed by atoms with Crippen molar-refractivity contribution < 1.29 is 14.3 Å². The number of ether oxygens (including phenoxy) is 1. The quantitative estimate of drug-likeness (QED) is 0.789. The molecule has 0 aromatic heterocycles. The fourth-order valence-corrected chi connectivity index (χ4v) is 3.35. The highest BCUT2D eigenvalue weighted by molar-refractivity contribution is 5.96. The first-order chi connectivity index (χ1) is 11.7. The summed E-state index contributed by atoms with van der Waals surface area (Å²) in [5, 5.41) is 8.62.